The maximum absolute atomic E-state index is 13.5. The minimum atomic E-state index is -4.66. The number of nitrogens with zero attached hydrogens (tertiary/aromatic N) is 3. The summed E-state index contributed by atoms with van der Waals surface area (Å²) in [5.74, 6) is -0.269. The number of halogens is 3. The molecule has 1 aliphatic rings. The van der Waals surface area contributed by atoms with Gasteiger partial charge in [-0.1, -0.05) is 18.2 Å². The second kappa shape index (κ2) is 7.89. The van der Waals surface area contributed by atoms with E-state index in [0.29, 0.717) is 31.3 Å². The first-order valence-electron chi connectivity index (χ1n) is 9.55. The highest BCUT2D eigenvalue weighted by Crippen LogP contribution is 2.32. The Kier molecular flexibility index (Phi) is 5.27. The quantitative estimate of drug-likeness (QED) is 0.630. The third kappa shape index (κ3) is 3.92. The Bertz CT molecular complexity index is 1080. The number of rotatable bonds is 5. The van der Waals surface area contributed by atoms with Gasteiger partial charge in [-0.05, 0) is 36.8 Å². The lowest BCUT2D eigenvalue weighted by Crippen LogP contribution is -2.34. The minimum absolute atomic E-state index is 0.201. The Morgan fingerprint density at radius 3 is 2.60 bits per heavy atom. The standard InChI is InChI=1S/C21H20F3N3O3/c1-2-26(12-14-7-8-17-18(11-14)30-10-9-29-17)19(28)13-27-16-6-4-3-5-15(16)25-20(27)21(22,23)24/h3-8,11H,2,9-10,12-13H2,1H3. The molecular formula is C21H20F3N3O3. The number of ether oxygens (including phenoxy) is 2. The molecule has 2 heterocycles. The monoisotopic (exact) mass is 419 g/mol. The topological polar surface area (TPSA) is 56.6 Å². The highest BCUT2D eigenvalue weighted by molar-refractivity contribution is 5.81. The largest absolute Gasteiger partial charge is 0.486 e. The number of carbonyl (C=O) groups is 1. The first-order chi connectivity index (χ1) is 14.4. The number of amides is 1. The van der Waals surface area contributed by atoms with Crippen molar-refractivity contribution in [3.8, 4) is 11.5 Å². The van der Waals surface area contributed by atoms with Crippen LogP contribution in [-0.2, 0) is 24.1 Å². The summed E-state index contributed by atoms with van der Waals surface area (Å²) in [4.78, 5) is 18.1. The summed E-state index contributed by atoms with van der Waals surface area (Å²) in [5.41, 5.74) is 1.28. The van der Waals surface area contributed by atoms with Crippen LogP contribution < -0.4 is 9.47 Å². The number of hydrogen-bond donors (Lipinski definition) is 0. The molecule has 6 nitrogen and oxygen atoms in total. The van der Waals surface area contributed by atoms with E-state index in [4.69, 9.17) is 9.47 Å². The number of aromatic nitrogens is 2. The second-order valence-electron chi connectivity index (χ2n) is 6.89. The predicted molar refractivity (Wildman–Crippen MR) is 103 cm³/mol. The van der Waals surface area contributed by atoms with E-state index in [1.807, 2.05) is 6.07 Å². The summed E-state index contributed by atoms with van der Waals surface area (Å²) in [7, 11) is 0. The molecule has 0 saturated heterocycles. The minimum Gasteiger partial charge on any atom is -0.486 e. The van der Waals surface area contributed by atoms with E-state index in [2.05, 4.69) is 4.98 Å². The number of para-hydroxylation sites is 2. The van der Waals surface area contributed by atoms with Crippen LogP contribution in [0.4, 0.5) is 13.2 Å². The molecule has 1 aromatic heterocycles. The van der Waals surface area contributed by atoms with Crippen molar-refractivity contribution < 1.29 is 27.4 Å². The number of likely N-dealkylation sites (N-methyl/N-ethyl adjacent to an activating group) is 1. The average molecular weight is 419 g/mol. The number of benzene rings is 2. The zero-order valence-corrected chi connectivity index (χ0v) is 16.3. The molecule has 0 aliphatic carbocycles. The number of hydrogen-bond acceptors (Lipinski definition) is 4. The van der Waals surface area contributed by atoms with Gasteiger partial charge in [0.05, 0.1) is 11.0 Å². The highest BCUT2D eigenvalue weighted by atomic mass is 19.4. The fraction of sp³-hybridized carbons (Fsp3) is 0.333. The van der Waals surface area contributed by atoms with Gasteiger partial charge in [-0.2, -0.15) is 13.2 Å². The van der Waals surface area contributed by atoms with Gasteiger partial charge in [-0.25, -0.2) is 4.98 Å². The first-order valence-corrected chi connectivity index (χ1v) is 9.55. The van der Waals surface area contributed by atoms with Crippen molar-refractivity contribution in [1.29, 1.82) is 0 Å². The van der Waals surface area contributed by atoms with Crippen molar-refractivity contribution in [3.63, 3.8) is 0 Å². The Morgan fingerprint density at radius 2 is 1.87 bits per heavy atom. The van der Waals surface area contributed by atoms with Gasteiger partial charge >= 0.3 is 6.18 Å². The van der Waals surface area contributed by atoms with Gasteiger partial charge in [0.15, 0.2) is 11.5 Å². The maximum atomic E-state index is 13.5. The van der Waals surface area contributed by atoms with Crippen molar-refractivity contribution in [2.24, 2.45) is 0 Å². The van der Waals surface area contributed by atoms with E-state index in [1.165, 1.54) is 17.0 Å². The molecule has 0 unspecified atom stereocenters. The van der Waals surface area contributed by atoms with Gasteiger partial charge in [-0.15, -0.1) is 0 Å². The molecular weight excluding hydrogens is 399 g/mol. The summed E-state index contributed by atoms with van der Waals surface area (Å²) in [6, 6.07) is 11.6. The van der Waals surface area contributed by atoms with E-state index in [9.17, 15) is 18.0 Å². The Morgan fingerprint density at radius 1 is 1.13 bits per heavy atom. The molecule has 0 saturated carbocycles. The van der Waals surface area contributed by atoms with Crippen molar-refractivity contribution in [1.82, 2.24) is 14.5 Å². The van der Waals surface area contributed by atoms with Crippen LogP contribution in [0.5, 0.6) is 11.5 Å². The molecule has 0 radical (unpaired) electrons. The van der Waals surface area contributed by atoms with E-state index >= 15 is 0 Å². The van der Waals surface area contributed by atoms with Gasteiger partial charge in [0.1, 0.15) is 19.8 Å². The van der Waals surface area contributed by atoms with E-state index in [1.54, 1.807) is 31.2 Å². The molecule has 0 spiro atoms. The number of carbonyl (C=O) groups excluding carboxylic acids is 1. The average Bonchev–Trinajstić information content (AvgIpc) is 3.11. The molecule has 0 fully saturated rings. The molecule has 9 heteroatoms. The van der Waals surface area contributed by atoms with Crippen LogP contribution >= 0.6 is 0 Å². The smallest absolute Gasteiger partial charge is 0.449 e. The van der Waals surface area contributed by atoms with Crippen LogP contribution in [0.1, 0.15) is 18.3 Å². The molecule has 3 aromatic rings. The summed E-state index contributed by atoms with van der Waals surface area (Å²) in [6.45, 7) is 2.86. The number of fused-ring (bicyclic) bond motifs is 2. The van der Waals surface area contributed by atoms with E-state index in [0.717, 1.165) is 10.1 Å². The van der Waals surface area contributed by atoms with Crippen molar-refractivity contribution in [2.75, 3.05) is 19.8 Å². The van der Waals surface area contributed by atoms with Crippen LogP contribution in [0.25, 0.3) is 11.0 Å². The molecule has 1 amide bonds. The molecule has 4 rings (SSSR count). The SMILES string of the molecule is CCN(Cc1ccc2c(c1)OCCO2)C(=O)Cn1c(C(F)(F)F)nc2ccccc21. The lowest BCUT2D eigenvalue weighted by atomic mass is 10.1. The molecule has 30 heavy (non-hydrogen) atoms. The fourth-order valence-electron chi connectivity index (χ4n) is 3.47. The summed E-state index contributed by atoms with van der Waals surface area (Å²) < 4.78 is 52.5. The van der Waals surface area contributed by atoms with Gasteiger partial charge in [-0.3, -0.25) is 4.79 Å². The normalized spacial score (nSPS) is 13.5. The zero-order chi connectivity index (χ0) is 21.3. The number of imidazole rings is 1. The van der Waals surface area contributed by atoms with Crippen molar-refractivity contribution >= 4 is 16.9 Å². The van der Waals surface area contributed by atoms with Gasteiger partial charge < -0.3 is 18.9 Å². The maximum Gasteiger partial charge on any atom is 0.449 e. The zero-order valence-electron chi connectivity index (χ0n) is 16.3. The Balaban J connectivity index is 1.58. The fourth-order valence-corrected chi connectivity index (χ4v) is 3.47. The summed E-state index contributed by atoms with van der Waals surface area (Å²) >= 11 is 0. The molecule has 158 valence electrons. The molecule has 0 atom stereocenters. The van der Waals surface area contributed by atoms with Crippen LogP contribution in [0, 0.1) is 0 Å². The van der Waals surface area contributed by atoms with Crippen LogP contribution in [0.15, 0.2) is 42.5 Å². The van der Waals surface area contributed by atoms with Crippen molar-refractivity contribution in [3.05, 3.63) is 53.9 Å². The predicted octanol–water partition coefficient (Wildman–Crippen LogP) is 3.88. The summed E-state index contributed by atoms with van der Waals surface area (Å²) in [5, 5.41) is 0. The summed E-state index contributed by atoms with van der Waals surface area (Å²) in [6.07, 6.45) is -4.66. The number of alkyl halides is 3. The van der Waals surface area contributed by atoms with Crippen LogP contribution in [0.3, 0.4) is 0 Å². The second-order valence-corrected chi connectivity index (χ2v) is 6.89. The first kappa shape index (κ1) is 20.1. The molecule has 0 N–H and O–H groups in total. The lowest BCUT2D eigenvalue weighted by Gasteiger charge is -2.24. The third-order valence-electron chi connectivity index (χ3n) is 4.92. The van der Waals surface area contributed by atoms with Crippen molar-refractivity contribution in [2.45, 2.75) is 26.2 Å². The van der Waals surface area contributed by atoms with Crippen LogP contribution in [0.2, 0.25) is 0 Å². The van der Waals surface area contributed by atoms with Gasteiger partial charge in [0.2, 0.25) is 11.7 Å². The molecule has 2 aromatic carbocycles. The highest BCUT2D eigenvalue weighted by Gasteiger charge is 2.38. The van der Waals surface area contributed by atoms with Gasteiger partial charge in [0.25, 0.3) is 0 Å². The lowest BCUT2D eigenvalue weighted by molar-refractivity contribution is -0.148. The van der Waals surface area contributed by atoms with Crippen LogP contribution in [-0.4, -0.2) is 40.1 Å². The molecule has 1 aliphatic heterocycles. The molecule has 0 bridgehead atoms. The van der Waals surface area contributed by atoms with Gasteiger partial charge in [0, 0.05) is 13.1 Å². The Labute approximate surface area is 170 Å². The van der Waals surface area contributed by atoms with E-state index in [-0.39, 0.29) is 17.6 Å². The Hall–Kier alpha value is -3.23. The van der Waals surface area contributed by atoms with E-state index < -0.39 is 24.5 Å². The third-order valence-corrected chi connectivity index (χ3v) is 4.92.